The van der Waals surface area contributed by atoms with Crippen LogP contribution in [0.5, 0.6) is 0 Å². The van der Waals surface area contributed by atoms with Crippen LogP contribution < -0.4 is 10.6 Å². The molecule has 0 unspecified atom stereocenters. The van der Waals surface area contributed by atoms with Crippen LogP contribution in [0.15, 0.2) is 54.7 Å². The Morgan fingerprint density at radius 2 is 1.95 bits per heavy atom. The van der Waals surface area contributed by atoms with Crippen LogP contribution in [-0.4, -0.2) is 82.1 Å². The van der Waals surface area contributed by atoms with Crippen molar-refractivity contribution in [2.45, 2.75) is 63.0 Å². The van der Waals surface area contributed by atoms with E-state index in [1.165, 1.54) is 24.6 Å². The fraction of sp³-hybridized carbons (Fsp3) is 0.448. The molecule has 0 aliphatic carbocycles. The molecule has 0 spiro atoms. The monoisotopic (exact) mass is 521 g/mol. The second-order valence-electron chi connectivity index (χ2n) is 10.6. The number of fused-ring (bicyclic) bond motifs is 2. The Morgan fingerprint density at radius 3 is 2.66 bits per heavy atom. The van der Waals surface area contributed by atoms with Gasteiger partial charge in [-0.1, -0.05) is 30.3 Å². The minimum atomic E-state index is -1.05. The zero-order chi connectivity index (χ0) is 27.0. The number of aromatic nitrogens is 1. The maximum atomic E-state index is 13.9. The smallest absolute Gasteiger partial charge is 0.248 e. The number of hydrogen-bond acceptors (Lipinski definition) is 5. The topological polar surface area (TPSA) is 101 Å². The van der Waals surface area contributed by atoms with Crippen molar-refractivity contribution in [3.05, 3.63) is 71.7 Å². The van der Waals surface area contributed by atoms with Crippen LogP contribution in [0.25, 0.3) is 10.9 Å². The van der Waals surface area contributed by atoms with Crippen molar-refractivity contribution < 1.29 is 19.1 Å². The van der Waals surface area contributed by atoms with E-state index < -0.39 is 18.2 Å². The molecule has 0 radical (unpaired) electrons. The minimum absolute atomic E-state index is 0.0176. The van der Waals surface area contributed by atoms with E-state index in [2.05, 4.69) is 32.7 Å². The number of nitrogens with one attached hydrogen (secondary N) is 3. The summed E-state index contributed by atoms with van der Waals surface area (Å²) in [4.78, 5) is 34.0. The molecule has 202 valence electrons. The molecule has 5 rings (SSSR count). The number of aliphatic hydroxyl groups excluding tert-OH is 1. The van der Waals surface area contributed by atoms with Gasteiger partial charge in [-0.3, -0.25) is 14.5 Å². The Hall–Kier alpha value is -3.27. The lowest BCUT2D eigenvalue weighted by atomic mass is 9.91. The molecule has 2 aliphatic heterocycles. The predicted octanol–water partition coefficient (Wildman–Crippen LogP) is 2.35. The maximum absolute atomic E-state index is 13.9. The van der Waals surface area contributed by atoms with Gasteiger partial charge in [-0.25, -0.2) is 4.39 Å². The highest BCUT2D eigenvalue weighted by Crippen LogP contribution is 2.44. The number of aromatic amines is 1. The largest absolute Gasteiger partial charge is 0.391 e. The van der Waals surface area contributed by atoms with Gasteiger partial charge in [-0.15, -0.1) is 0 Å². The Morgan fingerprint density at radius 1 is 1.18 bits per heavy atom. The summed E-state index contributed by atoms with van der Waals surface area (Å²) in [5.41, 5.74) is 2.98. The quantitative estimate of drug-likeness (QED) is 0.365. The number of hydrogen-bond donors (Lipinski definition) is 4. The summed E-state index contributed by atoms with van der Waals surface area (Å²) in [6, 6.07) is 13.5. The first-order valence-corrected chi connectivity index (χ1v) is 13.3. The van der Waals surface area contributed by atoms with Crippen molar-refractivity contribution in [3.63, 3.8) is 0 Å². The first kappa shape index (κ1) is 26.3. The Bertz CT molecular complexity index is 1300. The molecule has 2 saturated heterocycles. The maximum Gasteiger partial charge on any atom is 0.248 e. The molecule has 2 aromatic carbocycles. The summed E-state index contributed by atoms with van der Waals surface area (Å²) < 4.78 is 13.9. The zero-order valence-corrected chi connectivity index (χ0v) is 22.0. The number of H-pyrrole nitrogens is 1. The van der Waals surface area contributed by atoms with E-state index in [9.17, 15) is 19.1 Å². The fourth-order valence-corrected chi connectivity index (χ4v) is 6.12. The molecule has 2 amide bonds. The molecule has 9 heteroatoms. The molecular formula is C29H36FN5O3. The van der Waals surface area contributed by atoms with E-state index in [0.29, 0.717) is 6.54 Å². The normalized spacial score (nSPS) is 23.8. The van der Waals surface area contributed by atoms with E-state index in [1.54, 1.807) is 20.0 Å². The van der Waals surface area contributed by atoms with Crippen LogP contribution >= 0.6 is 0 Å². The first-order valence-electron chi connectivity index (χ1n) is 13.3. The molecule has 1 aromatic heterocycles. The molecule has 3 aromatic rings. The number of aliphatic hydroxyl groups is 1. The van der Waals surface area contributed by atoms with Gasteiger partial charge in [-0.05, 0) is 56.6 Å². The van der Waals surface area contributed by atoms with E-state index >= 15 is 0 Å². The summed E-state index contributed by atoms with van der Waals surface area (Å²) >= 11 is 0. The van der Waals surface area contributed by atoms with Crippen LogP contribution in [0.3, 0.4) is 0 Å². The molecule has 2 fully saturated rings. The molecular weight excluding hydrogens is 485 g/mol. The lowest BCUT2D eigenvalue weighted by Gasteiger charge is -2.33. The van der Waals surface area contributed by atoms with Gasteiger partial charge in [0.1, 0.15) is 11.9 Å². The van der Waals surface area contributed by atoms with Crippen molar-refractivity contribution in [1.82, 2.24) is 25.4 Å². The summed E-state index contributed by atoms with van der Waals surface area (Å²) in [5.74, 6) is -0.933. The lowest BCUT2D eigenvalue weighted by molar-refractivity contribution is -0.140. The minimum Gasteiger partial charge on any atom is -0.391 e. The number of halogens is 1. The van der Waals surface area contributed by atoms with Gasteiger partial charge in [0, 0.05) is 48.7 Å². The van der Waals surface area contributed by atoms with Crippen LogP contribution in [0.4, 0.5) is 4.39 Å². The van der Waals surface area contributed by atoms with Gasteiger partial charge in [0.15, 0.2) is 0 Å². The second kappa shape index (κ2) is 10.8. The van der Waals surface area contributed by atoms with Crippen molar-refractivity contribution in [3.8, 4) is 0 Å². The highest BCUT2D eigenvalue weighted by molar-refractivity contribution is 5.91. The van der Waals surface area contributed by atoms with Crippen LogP contribution in [0, 0.1) is 5.82 Å². The van der Waals surface area contributed by atoms with Gasteiger partial charge in [0.25, 0.3) is 0 Å². The zero-order valence-electron chi connectivity index (χ0n) is 22.0. The number of carbonyl (C=O) groups excluding carboxylic acids is 2. The average Bonchev–Trinajstić information content (AvgIpc) is 3.61. The van der Waals surface area contributed by atoms with Crippen LogP contribution in [-0.2, 0) is 16.1 Å². The highest BCUT2D eigenvalue weighted by Gasteiger charge is 2.52. The van der Waals surface area contributed by atoms with Gasteiger partial charge >= 0.3 is 0 Å². The van der Waals surface area contributed by atoms with Crippen molar-refractivity contribution in [1.29, 1.82) is 0 Å². The molecule has 38 heavy (non-hydrogen) atoms. The number of rotatable bonds is 8. The molecule has 2 aliphatic rings. The van der Waals surface area contributed by atoms with Gasteiger partial charge < -0.3 is 25.6 Å². The third-order valence-corrected chi connectivity index (χ3v) is 8.19. The lowest BCUT2D eigenvalue weighted by Crippen LogP contribution is -2.58. The second-order valence-corrected chi connectivity index (χ2v) is 10.6. The average molecular weight is 522 g/mol. The Kier molecular flexibility index (Phi) is 7.52. The predicted molar refractivity (Wildman–Crippen MR) is 144 cm³/mol. The number of nitrogens with zero attached hydrogens (tertiary/aromatic N) is 2. The number of carbonyl (C=O) groups is 2. The van der Waals surface area contributed by atoms with Gasteiger partial charge in [-0.2, -0.15) is 0 Å². The van der Waals surface area contributed by atoms with Gasteiger partial charge in [0.2, 0.25) is 11.8 Å². The standard InChI is InChI=1S/C29H36FN5O3/c1-17(31-3)28(37)33-26(18(2)36)29(38)35-12-11-25-27(35)23(16-34(25)15-19-7-5-4-6-8-19)22-14-32-24-13-20(30)9-10-21(22)24/h4-10,13-14,17-18,23,25-27,31-32,36H,11-12,15-16H2,1-3H3,(H,33,37)/t17-,18+,23+,25+,26-,27+/m0/s1. The van der Waals surface area contributed by atoms with E-state index in [-0.39, 0.29) is 35.6 Å². The first-order chi connectivity index (χ1) is 18.3. The summed E-state index contributed by atoms with van der Waals surface area (Å²) in [6.45, 7) is 5.27. The summed E-state index contributed by atoms with van der Waals surface area (Å²) in [7, 11) is 1.67. The summed E-state index contributed by atoms with van der Waals surface area (Å²) in [6.07, 6.45) is 1.68. The summed E-state index contributed by atoms with van der Waals surface area (Å²) in [5, 5.41) is 17.1. The van der Waals surface area contributed by atoms with E-state index in [1.807, 2.05) is 29.3 Å². The van der Waals surface area contributed by atoms with Crippen LogP contribution in [0.1, 0.15) is 37.3 Å². The third kappa shape index (κ3) is 4.93. The van der Waals surface area contributed by atoms with Crippen molar-refractivity contribution in [2.24, 2.45) is 0 Å². The highest BCUT2D eigenvalue weighted by atomic mass is 19.1. The molecule has 6 atom stereocenters. The molecule has 0 bridgehead atoms. The number of amides is 2. The SMILES string of the molecule is CN[C@@H](C)C(=O)N[C@H](C(=O)N1CC[C@@H]2[C@H]1[C@@H](c1c[nH]c3cc(F)ccc13)CN2Cc1ccccc1)[C@@H](C)O. The van der Waals surface area contributed by atoms with Crippen LogP contribution in [0.2, 0.25) is 0 Å². The number of likely N-dealkylation sites (tertiary alicyclic amines) is 2. The number of benzene rings is 2. The molecule has 8 nitrogen and oxygen atoms in total. The Labute approximate surface area is 222 Å². The Balaban J connectivity index is 1.48. The third-order valence-electron chi connectivity index (χ3n) is 8.19. The van der Waals surface area contributed by atoms with Gasteiger partial charge in [0.05, 0.1) is 18.2 Å². The number of likely N-dealkylation sites (N-methyl/N-ethyl adjacent to an activating group) is 1. The molecule has 0 saturated carbocycles. The fourth-order valence-electron chi connectivity index (χ4n) is 6.12. The van der Waals surface area contributed by atoms with E-state index in [4.69, 9.17) is 0 Å². The molecule has 3 heterocycles. The van der Waals surface area contributed by atoms with Crippen molar-refractivity contribution >= 4 is 22.7 Å². The molecule has 4 N–H and O–H groups in total. The van der Waals surface area contributed by atoms with Crippen molar-refractivity contribution in [2.75, 3.05) is 20.1 Å². The van der Waals surface area contributed by atoms with E-state index in [0.717, 1.165) is 36.0 Å².